The first-order chi connectivity index (χ1) is 9.94. The molecule has 0 radical (unpaired) electrons. The fraction of sp³-hybridized carbons (Fsp3) is 0.643. The van der Waals surface area contributed by atoms with E-state index in [0.29, 0.717) is 13.1 Å². The molecule has 0 saturated heterocycles. The van der Waals surface area contributed by atoms with E-state index in [-0.39, 0.29) is 24.2 Å². The monoisotopic (exact) mass is 298 g/mol. The van der Waals surface area contributed by atoms with Crippen LogP contribution >= 0.6 is 0 Å². The quantitative estimate of drug-likeness (QED) is 0.726. The van der Waals surface area contributed by atoms with E-state index in [0.717, 1.165) is 0 Å². The van der Waals surface area contributed by atoms with Crippen molar-refractivity contribution in [2.75, 3.05) is 26.8 Å². The zero-order valence-electron chi connectivity index (χ0n) is 12.8. The highest BCUT2D eigenvalue weighted by molar-refractivity contribution is 5.89. The lowest BCUT2D eigenvalue weighted by molar-refractivity contribution is -0.142. The van der Waals surface area contributed by atoms with Gasteiger partial charge >= 0.3 is 5.97 Å². The van der Waals surface area contributed by atoms with Crippen LogP contribution in [-0.4, -0.2) is 55.5 Å². The highest BCUT2D eigenvalue weighted by Crippen LogP contribution is 2.21. The number of carbonyl (C=O) groups is 3. The van der Waals surface area contributed by atoms with Crippen LogP contribution in [0.2, 0.25) is 0 Å². The van der Waals surface area contributed by atoms with Gasteiger partial charge in [0.1, 0.15) is 6.61 Å². The zero-order chi connectivity index (χ0) is 16.0. The van der Waals surface area contributed by atoms with E-state index >= 15 is 0 Å². The molecule has 1 aliphatic heterocycles. The molecule has 1 rings (SSSR count). The van der Waals surface area contributed by atoms with Crippen molar-refractivity contribution in [2.24, 2.45) is 5.92 Å². The van der Waals surface area contributed by atoms with Gasteiger partial charge in [0.05, 0.1) is 19.1 Å². The maximum absolute atomic E-state index is 12.5. The van der Waals surface area contributed by atoms with Crippen LogP contribution in [0.1, 0.15) is 20.8 Å². The summed E-state index contributed by atoms with van der Waals surface area (Å²) in [5.41, 5.74) is 0. The molecule has 1 heterocycles. The Bertz CT molecular complexity index is 443. The predicted molar refractivity (Wildman–Crippen MR) is 75.1 cm³/mol. The first kappa shape index (κ1) is 17.0. The summed E-state index contributed by atoms with van der Waals surface area (Å²) in [6.07, 6.45) is 1.43. The number of nitrogens with zero attached hydrogens (tertiary/aromatic N) is 1. The van der Waals surface area contributed by atoms with Crippen molar-refractivity contribution < 1.29 is 23.9 Å². The largest absolute Gasteiger partial charge is 0.485 e. The molecule has 118 valence electrons. The van der Waals surface area contributed by atoms with E-state index in [1.807, 2.05) is 13.8 Å². The maximum atomic E-state index is 12.5. The highest BCUT2D eigenvalue weighted by Gasteiger charge is 2.36. The first-order valence-electron chi connectivity index (χ1n) is 6.93. The second-order valence-electron chi connectivity index (χ2n) is 4.68. The van der Waals surface area contributed by atoms with Crippen molar-refractivity contribution in [1.82, 2.24) is 10.2 Å². The third-order valence-electron chi connectivity index (χ3n) is 3.32. The normalized spacial score (nSPS) is 20.9. The van der Waals surface area contributed by atoms with Crippen LogP contribution in [0, 0.1) is 5.92 Å². The predicted octanol–water partition coefficient (Wildman–Crippen LogP) is 0.0628. The fourth-order valence-electron chi connectivity index (χ4n) is 2.22. The van der Waals surface area contributed by atoms with Gasteiger partial charge in [-0.1, -0.05) is 0 Å². The van der Waals surface area contributed by atoms with Gasteiger partial charge in [0, 0.05) is 20.0 Å². The Balaban J connectivity index is 3.04. The number of nitrogens with one attached hydrogen (secondary N) is 1. The van der Waals surface area contributed by atoms with Crippen LogP contribution in [0.25, 0.3) is 0 Å². The molecule has 7 nitrogen and oxygen atoms in total. The van der Waals surface area contributed by atoms with E-state index < -0.39 is 17.9 Å². The number of methoxy groups -OCH3 is 1. The van der Waals surface area contributed by atoms with Gasteiger partial charge in [-0.05, 0) is 19.9 Å². The molecule has 0 aromatic heterocycles. The summed E-state index contributed by atoms with van der Waals surface area (Å²) in [6.45, 7) is 6.29. The molecule has 1 N–H and O–H groups in total. The van der Waals surface area contributed by atoms with Crippen LogP contribution in [0.5, 0.6) is 0 Å². The zero-order valence-corrected chi connectivity index (χ0v) is 12.8. The van der Waals surface area contributed by atoms with Crippen LogP contribution in [0.4, 0.5) is 0 Å². The number of ether oxygens (including phenoxy) is 2. The standard InChI is InChI=1S/C14H22N2O5/c1-5-16(6-2)13(18)10-7-12(14(19)20-4)21-8-11(10)15-9(3)17/h7,10-11H,5-6,8H2,1-4H3,(H,15,17)/t10-,11-/m1/s1. The first-order valence-corrected chi connectivity index (χ1v) is 6.93. The minimum atomic E-state index is -0.642. The van der Waals surface area contributed by atoms with Gasteiger partial charge < -0.3 is 19.7 Å². The molecule has 0 unspecified atom stereocenters. The Morgan fingerprint density at radius 3 is 2.48 bits per heavy atom. The molecule has 1 aliphatic rings. The summed E-state index contributed by atoms with van der Waals surface area (Å²) in [4.78, 5) is 37.0. The molecule has 7 heteroatoms. The van der Waals surface area contributed by atoms with Crippen LogP contribution in [0.3, 0.4) is 0 Å². The molecule has 0 spiro atoms. The number of esters is 1. The lowest BCUT2D eigenvalue weighted by atomic mass is 9.95. The van der Waals surface area contributed by atoms with Crippen LogP contribution in [-0.2, 0) is 23.9 Å². The van der Waals surface area contributed by atoms with Gasteiger partial charge in [-0.2, -0.15) is 0 Å². The number of carbonyl (C=O) groups excluding carboxylic acids is 3. The van der Waals surface area contributed by atoms with E-state index in [9.17, 15) is 14.4 Å². The van der Waals surface area contributed by atoms with Gasteiger partial charge in [-0.15, -0.1) is 0 Å². The Labute approximate surface area is 124 Å². The summed E-state index contributed by atoms with van der Waals surface area (Å²) in [6, 6.07) is -0.496. The lowest BCUT2D eigenvalue weighted by Crippen LogP contribution is -2.51. The molecular weight excluding hydrogens is 276 g/mol. The van der Waals surface area contributed by atoms with Gasteiger partial charge in [-0.25, -0.2) is 4.79 Å². The number of rotatable bonds is 5. The number of amides is 2. The molecule has 0 bridgehead atoms. The van der Waals surface area contributed by atoms with E-state index in [4.69, 9.17) is 4.74 Å². The molecule has 0 aliphatic carbocycles. The van der Waals surface area contributed by atoms with Crippen molar-refractivity contribution in [3.05, 3.63) is 11.8 Å². The Hall–Kier alpha value is -2.05. The number of hydrogen-bond donors (Lipinski definition) is 1. The van der Waals surface area contributed by atoms with E-state index in [1.165, 1.54) is 20.1 Å². The van der Waals surface area contributed by atoms with Gasteiger partial charge in [0.25, 0.3) is 0 Å². The van der Waals surface area contributed by atoms with Crippen LogP contribution in [0.15, 0.2) is 11.8 Å². The molecule has 2 amide bonds. The third kappa shape index (κ3) is 4.21. The molecule has 0 aromatic carbocycles. The second-order valence-corrected chi connectivity index (χ2v) is 4.68. The van der Waals surface area contributed by atoms with Crippen molar-refractivity contribution in [2.45, 2.75) is 26.8 Å². The Kier molecular flexibility index (Phi) is 6.20. The van der Waals surface area contributed by atoms with Crippen molar-refractivity contribution in [1.29, 1.82) is 0 Å². The summed E-state index contributed by atoms with van der Waals surface area (Å²) >= 11 is 0. The molecule has 2 atom stereocenters. The van der Waals surface area contributed by atoms with Crippen molar-refractivity contribution >= 4 is 17.8 Å². The van der Waals surface area contributed by atoms with Gasteiger partial charge in [0.15, 0.2) is 0 Å². The van der Waals surface area contributed by atoms with Crippen molar-refractivity contribution in [3.8, 4) is 0 Å². The molecule has 21 heavy (non-hydrogen) atoms. The number of hydrogen-bond acceptors (Lipinski definition) is 5. The topological polar surface area (TPSA) is 84.9 Å². The maximum Gasteiger partial charge on any atom is 0.372 e. The molecular formula is C14H22N2O5. The molecule has 0 saturated carbocycles. The smallest absolute Gasteiger partial charge is 0.372 e. The average molecular weight is 298 g/mol. The summed E-state index contributed by atoms with van der Waals surface area (Å²) in [5, 5.41) is 2.69. The summed E-state index contributed by atoms with van der Waals surface area (Å²) in [5.74, 6) is -1.67. The minimum absolute atomic E-state index is 0.00427. The highest BCUT2D eigenvalue weighted by atomic mass is 16.6. The lowest BCUT2D eigenvalue weighted by Gasteiger charge is -2.32. The Morgan fingerprint density at radius 2 is 2.00 bits per heavy atom. The summed E-state index contributed by atoms with van der Waals surface area (Å²) in [7, 11) is 1.24. The second kappa shape index (κ2) is 7.66. The molecule has 0 fully saturated rings. The van der Waals surface area contributed by atoms with E-state index in [2.05, 4.69) is 10.1 Å². The van der Waals surface area contributed by atoms with Gasteiger partial charge in [-0.3, -0.25) is 9.59 Å². The van der Waals surface area contributed by atoms with Gasteiger partial charge in [0.2, 0.25) is 17.6 Å². The fourth-order valence-corrected chi connectivity index (χ4v) is 2.22. The third-order valence-corrected chi connectivity index (χ3v) is 3.32. The summed E-state index contributed by atoms with van der Waals surface area (Å²) < 4.78 is 9.88. The van der Waals surface area contributed by atoms with E-state index in [1.54, 1.807) is 4.90 Å². The van der Waals surface area contributed by atoms with Crippen molar-refractivity contribution in [3.63, 3.8) is 0 Å². The minimum Gasteiger partial charge on any atom is -0.485 e. The SMILES string of the molecule is CCN(CC)C(=O)[C@@H]1C=C(C(=O)OC)OC[C@H]1NC(C)=O. The molecule has 0 aromatic rings. The van der Waals surface area contributed by atoms with Crippen LogP contribution < -0.4 is 5.32 Å². The Morgan fingerprint density at radius 1 is 1.38 bits per heavy atom. The average Bonchev–Trinajstić information content (AvgIpc) is 2.47.